The lowest BCUT2D eigenvalue weighted by Gasteiger charge is -2.27. The van der Waals surface area contributed by atoms with Crippen LogP contribution in [0.4, 0.5) is 8.78 Å². The first-order valence-electron chi connectivity index (χ1n) is 13.7. The molecule has 1 fully saturated rings. The van der Waals surface area contributed by atoms with Gasteiger partial charge in [0.2, 0.25) is 5.82 Å². The lowest BCUT2D eigenvalue weighted by atomic mass is 9.93. The second kappa shape index (κ2) is 12.4. The Bertz CT molecular complexity index is 1400. The van der Waals surface area contributed by atoms with Crippen molar-refractivity contribution in [2.75, 3.05) is 13.2 Å². The number of rotatable bonds is 8. The summed E-state index contributed by atoms with van der Waals surface area (Å²) in [5.74, 6) is -1.36. The van der Waals surface area contributed by atoms with E-state index in [-0.39, 0.29) is 17.4 Å². The highest BCUT2D eigenvalue weighted by molar-refractivity contribution is 5.73. The highest BCUT2D eigenvalue weighted by Crippen LogP contribution is 2.34. The summed E-state index contributed by atoms with van der Waals surface area (Å²) in [5.41, 5.74) is 6.44. The fourth-order valence-corrected chi connectivity index (χ4v) is 5.12. The van der Waals surface area contributed by atoms with Gasteiger partial charge >= 0.3 is 0 Å². The third-order valence-electron chi connectivity index (χ3n) is 7.31. The van der Waals surface area contributed by atoms with Crippen molar-refractivity contribution in [3.8, 4) is 39.1 Å². The molecule has 0 saturated carbocycles. The number of hydrogen-bond donors (Lipinski definition) is 0. The second-order valence-electron chi connectivity index (χ2n) is 10.0. The average Bonchev–Trinajstić information content (AvgIpc) is 2.99. The summed E-state index contributed by atoms with van der Waals surface area (Å²) >= 11 is 0. The molecule has 2 nitrogen and oxygen atoms in total. The van der Waals surface area contributed by atoms with Crippen molar-refractivity contribution in [3.63, 3.8) is 0 Å². The average molecular weight is 525 g/mol. The molecule has 2 atom stereocenters. The lowest BCUT2D eigenvalue weighted by Crippen LogP contribution is -2.19. The van der Waals surface area contributed by atoms with Crippen LogP contribution in [-0.4, -0.2) is 13.2 Å². The molecule has 1 aliphatic rings. The van der Waals surface area contributed by atoms with Crippen LogP contribution in [0.2, 0.25) is 0 Å². The molecular weight excluding hydrogens is 490 g/mol. The summed E-state index contributed by atoms with van der Waals surface area (Å²) in [7, 11) is 0. The van der Waals surface area contributed by atoms with E-state index in [1.165, 1.54) is 11.6 Å². The Kier molecular flexibility index (Phi) is 8.53. The van der Waals surface area contributed by atoms with E-state index in [2.05, 4.69) is 67.6 Å². The van der Waals surface area contributed by atoms with Gasteiger partial charge in [0, 0.05) is 11.5 Å². The van der Waals surface area contributed by atoms with Crippen molar-refractivity contribution in [1.82, 2.24) is 0 Å². The fraction of sp³-hybridized carbons (Fsp3) is 0.257. The maximum Gasteiger partial charge on any atom is 0.201 e. The van der Waals surface area contributed by atoms with Crippen molar-refractivity contribution in [3.05, 3.63) is 114 Å². The molecule has 4 aromatic carbocycles. The van der Waals surface area contributed by atoms with E-state index >= 15 is 0 Å². The molecule has 0 aliphatic carbocycles. The van der Waals surface area contributed by atoms with Gasteiger partial charge in [-0.25, -0.2) is 4.39 Å². The van der Waals surface area contributed by atoms with E-state index in [1.54, 1.807) is 6.07 Å². The molecule has 0 N–H and O–H groups in total. The minimum atomic E-state index is -0.946. The van der Waals surface area contributed by atoms with Gasteiger partial charge in [0.15, 0.2) is 11.6 Å². The van der Waals surface area contributed by atoms with Crippen LogP contribution in [0.1, 0.15) is 44.8 Å². The summed E-state index contributed by atoms with van der Waals surface area (Å²) in [4.78, 5) is 0. The minimum absolute atomic E-state index is 0.0509. The van der Waals surface area contributed by atoms with Crippen LogP contribution < -0.4 is 4.74 Å². The molecule has 5 rings (SSSR count). The Hall–Kier alpha value is -3.76. The van der Waals surface area contributed by atoms with Gasteiger partial charge in [0.05, 0.1) is 19.3 Å². The number of allylic oxidation sites excluding steroid dienone is 1. The number of hydrogen-bond acceptors (Lipinski definition) is 2. The van der Waals surface area contributed by atoms with Crippen LogP contribution in [0.5, 0.6) is 5.75 Å². The smallest absolute Gasteiger partial charge is 0.201 e. The third-order valence-corrected chi connectivity index (χ3v) is 7.31. The van der Waals surface area contributed by atoms with Crippen LogP contribution in [0, 0.1) is 17.6 Å². The molecule has 1 aliphatic heterocycles. The van der Waals surface area contributed by atoms with Crippen molar-refractivity contribution >= 4 is 0 Å². The zero-order valence-electron chi connectivity index (χ0n) is 22.5. The topological polar surface area (TPSA) is 18.5 Å². The van der Waals surface area contributed by atoms with Crippen molar-refractivity contribution in [1.29, 1.82) is 0 Å². The van der Waals surface area contributed by atoms with Gasteiger partial charge < -0.3 is 9.47 Å². The molecule has 39 heavy (non-hydrogen) atoms. The molecule has 1 saturated heterocycles. The Balaban J connectivity index is 1.26. The third kappa shape index (κ3) is 6.12. The van der Waals surface area contributed by atoms with E-state index in [0.29, 0.717) is 18.1 Å². The number of benzene rings is 4. The van der Waals surface area contributed by atoms with Crippen LogP contribution in [0.3, 0.4) is 0 Å². The highest BCUT2D eigenvalue weighted by atomic mass is 19.2. The first kappa shape index (κ1) is 26.8. The standard InChI is InChI=1S/C35H34F2O2/c1-3-5-24-6-20-32(39-23-24)30-17-13-28(14-18-30)26-9-7-25(8-10-26)27-11-15-29(16-12-27)31-19-21-33(38-22-4-2)35(37)34(31)36/h3,5,7-19,21,24,32H,4,6,20,22-23H2,1-2H3/b5-3+. The molecule has 200 valence electrons. The predicted molar refractivity (Wildman–Crippen MR) is 155 cm³/mol. The summed E-state index contributed by atoms with van der Waals surface area (Å²) in [6.45, 7) is 5.11. The Labute approximate surface area is 229 Å². The lowest BCUT2D eigenvalue weighted by molar-refractivity contribution is -0.00524. The van der Waals surface area contributed by atoms with Crippen LogP contribution in [-0.2, 0) is 4.74 Å². The molecule has 1 heterocycles. The van der Waals surface area contributed by atoms with Gasteiger partial charge in [-0.1, -0.05) is 91.9 Å². The Morgan fingerprint density at radius 1 is 0.744 bits per heavy atom. The molecule has 2 unspecified atom stereocenters. The molecule has 0 aromatic heterocycles. The Morgan fingerprint density at radius 3 is 1.82 bits per heavy atom. The first-order valence-corrected chi connectivity index (χ1v) is 13.7. The quantitative estimate of drug-likeness (QED) is 0.214. The van der Waals surface area contributed by atoms with E-state index in [0.717, 1.165) is 48.1 Å². The molecule has 0 amide bonds. The van der Waals surface area contributed by atoms with E-state index in [4.69, 9.17) is 9.47 Å². The molecule has 4 aromatic rings. The van der Waals surface area contributed by atoms with Gasteiger partial charge in [0.1, 0.15) is 0 Å². The van der Waals surface area contributed by atoms with E-state index in [9.17, 15) is 8.78 Å². The van der Waals surface area contributed by atoms with E-state index in [1.807, 2.05) is 31.2 Å². The monoisotopic (exact) mass is 524 g/mol. The first-order chi connectivity index (χ1) is 19.1. The van der Waals surface area contributed by atoms with Gasteiger partial charge in [-0.3, -0.25) is 0 Å². The summed E-state index contributed by atoms with van der Waals surface area (Å²) < 4.78 is 40.6. The van der Waals surface area contributed by atoms with Crippen LogP contribution in [0.25, 0.3) is 33.4 Å². The maximum absolute atomic E-state index is 14.7. The summed E-state index contributed by atoms with van der Waals surface area (Å²) in [5, 5.41) is 0. The maximum atomic E-state index is 14.7. The van der Waals surface area contributed by atoms with Crippen molar-refractivity contribution in [2.24, 2.45) is 5.92 Å². The van der Waals surface area contributed by atoms with Gasteiger partial charge in [0.25, 0.3) is 0 Å². The van der Waals surface area contributed by atoms with Crippen molar-refractivity contribution in [2.45, 2.75) is 39.2 Å². The minimum Gasteiger partial charge on any atom is -0.490 e. The van der Waals surface area contributed by atoms with E-state index < -0.39 is 11.6 Å². The van der Waals surface area contributed by atoms with Crippen LogP contribution in [0.15, 0.2) is 97.1 Å². The highest BCUT2D eigenvalue weighted by Gasteiger charge is 2.21. The predicted octanol–water partition coefficient (Wildman–Crippen LogP) is 9.80. The number of halogens is 2. The number of ether oxygens (including phenoxy) is 2. The second-order valence-corrected chi connectivity index (χ2v) is 10.0. The summed E-state index contributed by atoms with van der Waals surface area (Å²) in [6.07, 6.45) is 7.44. The molecular formula is C35H34F2O2. The van der Waals surface area contributed by atoms with Gasteiger partial charge in [-0.05, 0) is 71.7 Å². The normalized spacial score (nSPS) is 17.4. The van der Waals surface area contributed by atoms with Gasteiger partial charge in [-0.15, -0.1) is 0 Å². The molecule has 0 spiro atoms. The largest absolute Gasteiger partial charge is 0.490 e. The molecule has 0 radical (unpaired) electrons. The van der Waals surface area contributed by atoms with Crippen LogP contribution >= 0.6 is 0 Å². The fourth-order valence-electron chi connectivity index (χ4n) is 5.12. The molecule has 0 bridgehead atoms. The van der Waals surface area contributed by atoms with Crippen molar-refractivity contribution < 1.29 is 18.3 Å². The zero-order valence-corrected chi connectivity index (χ0v) is 22.5. The zero-order chi connectivity index (χ0) is 27.2. The molecule has 4 heteroatoms. The SMILES string of the molecule is C/C=C/C1CCC(c2ccc(-c3ccc(-c4ccc(-c5ccc(OCCC)c(F)c5F)cc4)cc3)cc2)OC1. The van der Waals surface area contributed by atoms with Gasteiger partial charge in [-0.2, -0.15) is 4.39 Å². The summed E-state index contributed by atoms with van der Waals surface area (Å²) in [6, 6.07) is 27.6. The Morgan fingerprint density at radius 2 is 1.31 bits per heavy atom.